The Kier molecular flexibility index (Phi) is 6.08. The number of carbonyl (C=O) groups is 1. The van der Waals surface area contributed by atoms with E-state index in [-0.39, 0.29) is 13.0 Å². The molecule has 176 valence electrons. The van der Waals surface area contributed by atoms with E-state index < -0.39 is 5.97 Å². The van der Waals surface area contributed by atoms with Crippen molar-refractivity contribution in [1.29, 1.82) is 0 Å². The van der Waals surface area contributed by atoms with Crippen LogP contribution in [0.4, 0.5) is 0 Å². The van der Waals surface area contributed by atoms with Gasteiger partial charge in [-0.05, 0) is 41.0 Å². The molecule has 0 bridgehead atoms. The summed E-state index contributed by atoms with van der Waals surface area (Å²) in [7, 11) is 1.88. The molecule has 3 aromatic carbocycles. The zero-order chi connectivity index (χ0) is 24.4. The first-order chi connectivity index (χ1) is 17.0. The fourth-order valence-corrected chi connectivity index (χ4v) is 4.39. The van der Waals surface area contributed by atoms with Gasteiger partial charge < -0.3 is 20.0 Å². The van der Waals surface area contributed by atoms with Crippen molar-refractivity contribution in [2.75, 3.05) is 0 Å². The highest BCUT2D eigenvalue weighted by molar-refractivity contribution is 6.03. The number of benzene rings is 3. The van der Waals surface area contributed by atoms with E-state index in [1.54, 1.807) is 23.1 Å². The lowest BCUT2D eigenvalue weighted by Crippen LogP contribution is -2.05. The van der Waals surface area contributed by atoms with E-state index in [1.165, 1.54) is 0 Å². The Morgan fingerprint density at radius 1 is 1.09 bits per heavy atom. The lowest BCUT2D eigenvalue weighted by Gasteiger charge is -2.16. The van der Waals surface area contributed by atoms with E-state index >= 15 is 0 Å². The molecule has 0 saturated heterocycles. The monoisotopic (exact) mass is 467 g/mol. The molecule has 0 spiro atoms. The topological polar surface area (TPSA) is 104 Å². The van der Waals surface area contributed by atoms with Crippen LogP contribution in [-0.2, 0) is 31.4 Å². The van der Waals surface area contributed by atoms with Gasteiger partial charge in [0.05, 0.1) is 18.9 Å². The molecule has 2 heterocycles. The normalized spacial score (nSPS) is 11.1. The summed E-state index contributed by atoms with van der Waals surface area (Å²) in [5.74, 6) is -0.356. The minimum absolute atomic E-state index is 0.108. The molecule has 0 aliphatic heterocycles. The maximum Gasteiger partial charge on any atom is 0.307 e. The first-order valence-corrected chi connectivity index (χ1v) is 11.3. The van der Waals surface area contributed by atoms with E-state index in [1.807, 2.05) is 55.8 Å². The lowest BCUT2D eigenvalue weighted by molar-refractivity contribution is -0.136. The Labute approximate surface area is 202 Å². The first kappa shape index (κ1) is 22.4. The third-order valence-corrected chi connectivity index (χ3v) is 5.98. The van der Waals surface area contributed by atoms with Crippen molar-refractivity contribution in [2.24, 2.45) is 12.8 Å². The second-order valence-electron chi connectivity index (χ2n) is 8.40. The van der Waals surface area contributed by atoms with Crippen molar-refractivity contribution in [1.82, 2.24) is 9.78 Å². The molecule has 0 radical (unpaired) electrons. The zero-order valence-corrected chi connectivity index (χ0v) is 19.3. The number of nitrogens with two attached hydrogens (primary N) is 1. The second-order valence-corrected chi connectivity index (χ2v) is 8.40. The van der Waals surface area contributed by atoms with Gasteiger partial charge in [-0.3, -0.25) is 9.48 Å². The fourth-order valence-electron chi connectivity index (χ4n) is 4.39. The fraction of sp³-hybridized carbons (Fsp3) is 0.143. The van der Waals surface area contributed by atoms with E-state index in [9.17, 15) is 9.90 Å². The molecule has 0 unspecified atom stereocenters. The van der Waals surface area contributed by atoms with Gasteiger partial charge in [0.2, 0.25) is 0 Å². The summed E-state index contributed by atoms with van der Waals surface area (Å²) < 4.78 is 13.9. The number of carboxylic acid groups (broad SMARTS) is 1. The quantitative estimate of drug-likeness (QED) is 0.327. The van der Waals surface area contributed by atoms with Gasteiger partial charge in [0.1, 0.15) is 17.9 Å². The highest BCUT2D eigenvalue weighted by atomic mass is 16.5. The van der Waals surface area contributed by atoms with Gasteiger partial charge >= 0.3 is 5.97 Å². The van der Waals surface area contributed by atoms with E-state index in [0.717, 1.165) is 44.3 Å². The van der Waals surface area contributed by atoms with Gasteiger partial charge in [-0.25, -0.2) is 0 Å². The number of aryl methyl sites for hydroxylation is 1. The summed E-state index contributed by atoms with van der Waals surface area (Å²) in [5, 5.41) is 14.6. The smallest absolute Gasteiger partial charge is 0.307 e. The van der Waals surface area contributed by atoms with Crippen LogP contribution in [0.3, 0.4) is 0 Å². The van der Waals surface area contributed by atoms with Gasteiger partial charge in [-0.2, -0.15) is 5.10 Å². The average Bonchev–Trinajstić information content (AvgIpc) is 3.52. The van der Waals surface area contributed by atoms with E-state index in [2.05, 4.69) is 17.2 Å². The minimum atomic E-state index is -0.904. The van der Waals surface area contributed by atoms with Crippen molar-refractivity contribution in [3.63, 3.8) is 0 Å². The van der Waals surface area contributed by atoms with Crippen molar-refractivity contribution >= 4 is 16.9 Å². The number of aliphatic carboxylic acids is 1. The predicted octanol–water partition coefficient (Wildman–Crippen LogP) is 5.17. The molecule has 5 aromatic rings. The van der Waals surface area contributed by atoms with Crippen LogP contribution >= 0.6 is 0 Å². The molecular formula is C28H25N3O4. The lowest BCUT2D eigenvalue weighted by atomic mass is 9.92. The number of nitrogens with zero attached hydrogens (tertiary/aromatic N) is 2. The zero-order valence-electron chi connectivity index (χ0n) is 19.3. The van der Waals surface area contributed by atoms with Gasteiger partial charge in [-0.15, -0.1) is 0 Å². The third kappa shape index (κ3) is 4.54. The number of furan rings is 1. The largest absolute Gasteiger partial charge is 0.489 e. The molecule has 2 aromatic heterocycles. The summed E-state index contributed by atoms with van der Waals surface area (Å²) >= 11 is 0. The highest BCUT2D eigenvalue weighted by Crippen LogP contribution is 2.40. The molecule has 0 aliphatic rings. The Bertz CT molecular complexity index is 1520. The number of hydrogen-bond acceptors (Lipinski definition) is 5. The SMILES string of the molecule is Cn1cc(-c2c(COc3ccccc3CC(=O)O)cc(-c3cccc(CN)c3)c3occc23)cn1. The number of rotatable bonds is 8. The molecule has 0 fully saturated rings. The third-order valence-electron chi connectivity index (χ3n) is 5.98. The Balaban J connectivity index is 1.65. The van der Waals surface area contributed by atoms with Crippen molar-refractivity contribution in [2.45, 2.75) is 19.6 Å². The van der Waals surface area contributed by atoms with Gasteiger partial charge in [0, 0.05) is 47.4 Å². The van der Waals surface area contributed by atoms with Crippen LogP contribution in [0.2, 0.25) is 0 Å². The van der Waals surface area contributed by atoms with Gasteiger partial charge in [0.15, 0.2) is 0 Å². The number of carboxylic acids is 1. The maximum absolute atomic E-state index is 11.3. The van der Waals surface area contributed by atoms with Crippen molar-refractivity contribution < 1.29 is 19.1 Å². The van der Waals surface area contributed by atoms with Crippen molar-refractivity contribution in [3.05, 3.63) is 96.0 Å². The van der Waals surface area contributed by atoms with Gasteiger partial charge in [-0.1, -0.05) is 36.4 Å². The second kappa shape index (κ2) is 9.48. The summed E-state index contributed by atoms with van der Waals surface area (Å²) in [6.45, 7) is 0.685. The number of hydrogen-bond donors (Lipinski definition) is 2. The first-order valence-electron chi connectivity index (χ1n) is 11.3. The van der Waals surface area contributed by atoms with E-state index in [4.69, 9.17) is 14.9 Å². The molecule has 0 saturated carbocycles. The molecule has 7 nitrogen and oxygen atoms in total. The van der Waals surface area contributed by atoms with Crippen LogP contribution in [0.25, 0.3) is 33.2 Å². The minimum Gasteiger partial charge on any atom is -0.489 e. The van der Waals surface area contributed by atoms with Crippen LogP contribution < -0.4 is 10.5 Å². The number of fused-ring (bicyclic) bond motifs is 1. The molecular weight excluding hydrogens is 442 g/mol. The van der Waals surface area contributed by atoms with Gasteiger partial charge in [0.25, 0.3) is 0 Å². The number of ether oxygens (including phenoxy) is 1. The van der Waals surface area contributed by atoms with Crippen LogP contribution in [0.5, 0.6) is 5.75 Å². The summed E-state index contributed by atoms with van der Waals surface area (Å²) in [6.07, 6.45) is 5.36. The molecule has 0 atom stereocenters. The molecule has 3 N–H and O–H groups in total. The van der Waals surface area contributed by atoms with Crippen LogP contribution in [0, 0.1) is 0 Å². The molecule has 5 rings (SSSR count). The Morgan fingerprint density at radius 2 is 1.94 bits per heavy atom. The molecule has 0 amide bonds. The number of para-hydroxylation sites is 1. The average molecular weight is 468 g/mol. The summed E-state index contributed by atoms with van der Waals surface area (Å²) in [4.78, 5) is 11.3. The highest BCUT2D eigenvalue weighted by Gasteiger charge is 2.19. The maximum atomic E-state index is 11.3. The van der Waals surface area contributed by atoms with Crippen molar-refractivity contribution in [3.8, 4) is 28.0 Å². The molecule has 35 heavy (non-hydrogen) atoms. The summed E-state index contributed by atoms with van der Waals surface area (Å²) in [5.41, 5.74) is 13.1. The summed E-state index contributed by atoms with van der Waals surface area (Å²) in [6, 6.07) is 19.3. The molecule has 7 heteroatoms. The predicted molar refractivity (Wildman–Crippen MR) is 134 cm³/mol. The van der Waals surface area contributed by atoms with Crippen LogP contribution in [0.15, 0.2) is 83.7 Å². The standard InChI is InChI=1S/C28H25N3O4/c1-31-16-22(15-30-31)27-21(17-35-25-8-3-2-6-20(25)13-26(32)33)12-24(28-23(27)9-10-34-28)19-7-4-5-18(11-19)14-29/h2-12,15-16H,13-14,17,29H2,1H3,(H,32,33). The van der Waals surface area contributed by atoms with E-state index in [0.29, 0.717) is 17.9 Å². The number of aromatic nitrogens is 2. The van der Waals surface area contributed by atoms with Crippen LogP contribution in [-0.4, -0.2) is 20.9 Å². The van der Waals surface area contributed by atoms with Crippen LogP contribution in [0.1, 0.15) is 16.7 Å². The molecule has 0 aliphatic carbocycles. The Hall–Kier alpha value is -4.36. The Morgan fingerprint density at radius 3 is 2.71 bits per heavy atom.